The maximum Gasteiger partial charge on any atom is 0.243 e. The summed E-state index contributed by atoms with van der Waals surface area (Å²) >= 11 is 1.60. The topological polar surface area (TPSA) is 66.5 Å². The van der Waals surface area contributed by atoms with Crippen molar-refractivity contribution in [1.29, 1.82) is 0 Å². The third kappa shape index (κ3) is 4.66. The predicted octanol–water partition coefficient (Wildman–Crippen LogP) is 3.35. The van der Waals surface area contributed by atoms with E-state index in [1.807, 2.05) is 16.8 Å². The zero-order chi connectivity index (χ0) is 17.6. The second-order valence-electron chi connectivity index (χ2n) is 5.30. The van der Waals surface area contributed by atoms with E-state index < -0.39 is 10.0 Å². The summed E-state index contributed by atoms with van der Waals surface area (Å²) < 4.78 is 26.4. The number of anilines is 1. The number of sulfonamides is 1. The molecule has 2 rings (SSSR count). The number of aryl methyl sites for hydroxylation is 1. The van der Waals surface area contributed by atoms with Gasteiger partial charge in [0.1, 0.15) is 0 Å². The molecule has 1 aromatic carbocycles. The molecule has 130 valence electrons. The molecule has 5 nitrogen and oxygen atoms in total. The molecule has 0 atom stereocenters. The van der Waals surface area contributed by atoms with E-state index >= 15 is 0 Å². The maximum absolute atomic E-state index is 12.5. The molecule has 2 aromatic rings. The third-order valence-corrected chi connectivity index (χ3v) is 6.46. The summed E-state index contributed by atoms with van der Waals surface area (Å²) in [5.41, 5.74) is 1.63. The van der Waals surface area contributed by atoms with Gasteiger partial charge < -0.3 is 5.32 Å². The van der Waals surface area contributed by atoms with Gasteiger partial charge in [-0.3, -0.25) is 4.79 Å². The average molecular weight is 367 g/mol. The fourth-order valence-corrected chi connectivity index (χ4v) is 4.57. The number of nitrogens with zero attached hydrogens (tertiary/aromatic N) is 1. The highest BCUT2D eigenvalue weighted by atomic mass is 32.2. The fraction of sp³-hybridized carbons (Fsp3) is 0.353. The van der Waals surface area contributed by atoms with Crippen molar-refractivity contribution in [1.82, 2.24) is 4.31 Å². The van der Waals surface area contributed by atoms with Gasteiger partial charge in [-0.05, 0) is 47.0 Å². The van der Waals surface area contributed by atoms with Gasteiger partial charge in [-0.2, -0.15) is 15.6 Å². The predicted molar refractivity (Wildman–Crippen MR) is 97.8 cm³/mol. The largest absolute Gasteiger partial charge is 0.326 e. The second-order valence-corrected chi connectivity index (χ2v) is 8.01. The van der Waals surface area contributed by atoms with E-state index in [1.54, 1.807) is 43.4 Å². The quantitative estimate of drug-likeness (QED) is 0.779. The van der Waals surface area contributed by atoms with Gasteiger partial charge in [0.25, 0.3) is 0 Å². The van der Waals surface area contributed by atoms with Crippen molar-refractivity contribution in [3.8, 4) is 0 Å². The van der Waals surface area contributed by atoms with Gasteiger partial charge in [-0.25, -0.2) is 8.42 Å². The number of nitrogens with one attached hydrogen (secondary N) is 1. The fourth-order valence-electron chi connectivity index (χ4n) is 2.36. The summed E-state index contributed by atoms with van der Waals surface area (Å²) in [4.78, 5) is 12.2. The molecule has 1 heterocycles. The van der Waals surface area contributed by atoms with Crippen LogP contribution in [0.2, 0.25) is 0 Å². The van der Waals surface area contributed by atoms with Crippen LogP contribution in [0.5, 0.6) is 0 Å². The first kappa shape index (κ1) is 18.6. The van der Waals surface area contributed by atoms with E-state index in [1.165, 1.54) is 10.4 Å². The van der Waals surface area contributed by atoms with Crippen LogP contribution in [-0.2, 0) is 21.2 Å². The molecule has 0 aliphatic carbocycles. The molecule has 1 N–H and O–H groups in total. The lowest BCUT2D eigenvalue weighted by Crippen LogP contribution is -2.30. The molecule has 0 aliphatic rings. The number of hydrogen-bond acceptors (Lipinski definition) is 4. The molecule has 0 radical (unpaired) electrons. The van der Waals surface area contributed by atoms with Gasteiger partial charge in [0.15, 0.2) is 0 Å². The van der Waals surface area contributed by atoms with Gasteiger partial charge in [-0.1, -0.05) is 19.9 Å². The normalized spacial score (nSPS) is 11.6. The summed E-state index contributed by atoms with van der Waals surface area (Å²) in [6.07, 6.45) is 1.04. The number of rotatable bonds is 8. The SMILES string of the molecule is CCN(CC)S(=O)(=O)c1cccc(NC(=O)CCc2ccsc2)c1. The average Bonchev–Trinajstić information content (AvgIpc) is 3.07. The van der Waals surface area contributed by atoms with E-state index in [9.17, 15) is 13.2 Å². The monoisotopic (exact) mass is 366 g/mol. The molecule has 0 bridgehead atoms. The van der Waals surface area contributed by atoms with E-state index in [0.29, 0.717) is 31.6 Å². The molecule has 0 fully saturated rings. The standard InChI is InChI=1S/C17H22N2O3S2/c1-3-19(4-2)24(21,22)16-7-5-6-15(12-16)18-17(20)9-8-14-10-11-23-13-14/h5-7,10-13H,3-4,8-9H2,1-2H3,(H,18,20). The highest BCUT2D eigenvalue weighted by Crippen LogP contribution is 2.20. The Morgan fingerprint density at radius 3 is 2.58 bits per heavy atom. The first-order valence-corrected chi connectivity index (χ1v) is 10.3. The summed E-state index contributed by atoms with van der Waals surface area (Å²) in [7, 11) is -3.52. The molecule has 7 heteroatoms. The van der Waals surface area contributed by atoms with Gasteiger partial charge in [0.2, 0.25) is 15.9 Å². The Balaban J connectivity index is 2.06. The van der Waals surface area contributed by atoms with Crippen molar-refractivity contribution in [2.24, 2.45) is 0 Å². The van der Waals surface area contributed by atoms with Crippen LogP contribution in [0.4, 0.5) is 5.69 Å². The van der Waals surface area contributed by atoms with E-state index in [-0.39, 0.29) is 10.8 Å². The molecular formula is C17H22N2O3S2. The summed E-state index contributed by atoms with van der Waals surface area (Å²) in [5, 5.41) is 6.77. The molecule has 0 saturated carbocycles. The maximum atomic E-state index is 12.5. The number of amides is 1. The molecule has 1 aromatic heterocycles. The Hall–Kier alpha value is -1.70. The molecule has 0 aliphatic heterocycles. The zero-order valence-electron chi connectivity index (χ0n) is 13.9. The minimum absolute atomic E-state index is 0.126. The van der Waals surface area contributed by atoms with Crippen LogP contribution in [0.1, 0.15) is 25.8 Å². The van der Waals surface area contributed by atoms with E-state index in [2.05, 4.69) is 5.32 Å². The number of carbonyl (C=O) groups is 1. The summed E-state index contributed by atoms with van der Waals surface area (Å²) in [6, 6.07) is 8.40. The Morgan fingerprint density at radius 1 is 1.21 bits per heavy atom. The van der Waals surface area contributed by atoms with Crippen LogP contribution in [0.25, 0.3) is 0 Å². The van der Waals surface area contributed by atoms with Crippen molar-refractivity contribution in [2.45, 2.75) is 31.6 Å². The highest BCUT2D eigenvalue weighted by Gasteiger charge is 2.21. The Bertz CT molecular complexity index is 767. The van der Waals surface area contributed by atoms with Gasteiger partial charge in [0, 0.05) is 25.2 Å². The van der Waals surface area contributed by atoms with Crippen molar-refractivity contribution in [3.63, 3.8) is 0 Å². The highest BCUT2D eigenvalue weighted by molar-refractivity contribution is 7.89. The first-order chi connectivity index (χ1) is 11.5. The number of benzene rings is 1. The molecule has 0 unspecified atom stereocenters. The zero-order valence-corrected chi connectivity index (χ0v) is 15.5. The molecule has 1 amide bonds. The smallest absolute Gasteiger partial charge is 0.243 e. The third-order valence-electron chi connectivity index (χ3n) is 3.68. The van der Waals surface area contributed by atoms with Crippen LogP contribution in [0, 0.1) is 0 Å². The lowest BCUT2D eigenvalue weighted by Gasteiger charge is -2.18. The lowest BCUT2D eigenvalue weighted by molar-refractivity contribution is -0.116. The first-order valence-electron chi connectivity index (χ1n) is 7.88. The lowest BCUT2D eigenvalue weighted by atomic mass is 10.2. The number of hydrogen-bond donors (Lipinski definition) is 1. The number of thiophene rings is 1. The van der Waals surface area contributed by atoms with Crippen LogP contribution >= 0.6 is 11.3 Å². The van der Waals surface area contributed by atoms with Crippen molar-refractivity contribution in [3.05, 3.63) is 46.7 Å². The minimum Gasteiger partial charge on any atom is -0.326 e. The van der Waals surface area contributed by atoms with Crippen molar-refractivity contribution < 1.29 is 13.2 Å². The van der Waals surface area contributed by atoms with Crippen molar-refractivity contribution >= 4 is 33.0 Å². The van der Waals surface area contributed by atoms with Crippen LogP contribution in [-0.4, -0.2) is 31.7 Å². The summed E-state index contributed by atoms with van der Waals surface area (Å²) in [6.45, 7) is 4.43. The Morgan fingerprint density at radius 2 is 1.96 bits per heavy atom. The molecule has 0 spiro atoms. The molecular weight excluding hydrogens is 344 g/mol. The van der Waals surface area contributed by atoms with Gasteiger partial charge >= 0.3 is 0 Å². The van der Waals surface area contributed by atoms with Crippen molar-refractivity contribution in [2.75, 3.05) is 18.4 Å². The van der Waals surface area contributed by atoms with Gasteiger partial charge in [0.05, 0.1) is 4.90 Å². The second kappa shape index (κ2) is 8.41. The Kier molecular flexibility index (Phi) is 6.53. The minimum atomic E-state index is -3.52. The number of carbonyl (C=O) groups excluding carboxylic acids is 1. The molecule has 24 heavy (non-hydrogen) atoms. The van der Waals surface area contributed by atoms with Crippen LogP contribution in [0.3, 0.4) is 0 Å². The Labute approximate surface area is 147 Å². The van der Waals surface area contributed by atoms with E-state index in [0.717, 1.165) is 5.56 Å². The van der Waals surface area contributed by atoms with E-state index in [4.69, 9.17) is 0 Å². The van der Waals surface area contributed by atoms with Crippen LogP contribution in [0.15, 0.2) is 46.0 Å². The molecule has 0 saturated heterocycles. The summed E-state index contributed by atoms with van der Waals surface area (Å²) in [5.74, 6) is -0.126. The van der Waals surface area contributed by atoms with Gasteiger partial charge in [-0.15, -0.1) is 0 Å². The van der Waals surface area contributed by atoms with Crippen LogP contribution < -0.4 is 5.32 Å².